The molecule has 1 saturated carbocycles. The van der Waals surface area contributed by atoms with Gasteiger partial charge in [0.05, 0.1) is 0 Å². The smallest absolute Gasteiger partial charge is 0.122 e. The van der Waals surface area contributed by atoms with Crippen molar-refractivity contribution in [2.75, 3.05) is 7.05 Å². The maximum Gasteiger partial charge on any atom is 0.122 e. The number of hydrogen-bond acceptors (Lipinski definition) is 2. The summed E-state index contributed by atoms with van der Waals surface area (Å²) in [6.07, 6.45) is 6.59. The fourth-order valence-corrected chi connectivity index (χ4v) is 3.56. The monoisotopic (exact) mass is 245 g/mol. The Hall–Kier alpha value is -0.860. The molecule has 0 N–H and O–H groups in total. The molecule has 0 bridgehead atoms. The van der Waals surface area contributed by atoms with Gasteiger partial charge in [-0.3, -0.25) is 4.90 Å². The third-order valence-corrected chi connectivity index (χ3v) is 4.80. The zero-order chi connectivity index (χ0) is 12.6. The van der Waals surface area contributed by atoms with Gasteiger partial charge in [-0.05, 0) is 45.2 Å². The first kappa shape index (κ1) is 12.2. The average Bonchev–Trinajstić information content (AvgIpc) is 2.67. The van der Waals surface area contributed by atoms with E-state index in [0.717, 1.165) is 0 Å². The Balaban J connectivity index is 1.86. The molecule has 2 heteroatoms. The second-order valence-corrected chi connectivity index (χ2v) is 5.81. The molecule has 2 fully saturated rings. The highest BCUT2D eigenvalue weighted by molar-refractivity contribution is 5.21. The average molecular weight is 245 g/mol. The lowest BCUT2D eigenvalue weighted by molar-refractivity contribution is -0.120. The predicted octanol–water partition coefficient (Wildman–Crippen LogP) is 3.74. The number of rotatable bonds is 1. The second-order valence-electron chi connectivity index (χ2n) is 5.81. The summed E-state index contributed by atoms with van der Waals surface area (Å²) in [4.78, 5) is 2.48. The van der Waals surface area contributed by atoms with Crippen LogP contribution in [0.3, 0.4) is 0 Å². The van der Waals surface area contributed by atoms with Crippen LogP contribution < -0.4 is 0 Å². The van der Waals surface area contributed by atoms with E-state index >= 15 is 0 Å². The third kappa shape index (κ3) is 1.88. The van der Waals surface area contributed by atoms with Crippen LogP contribution in [-0.4, -0.2) is 23.7 Å². The molecule has 1 aromatic rings. The predicted molar refractivity (Wildman–Crippen MR) is 73.3 cm³/mol. The van der Waals surface area contributed by atoms with Crippen molar-refractivity contribution in [1.29, 1.82) is 0 Å². The lowest BCUT2D eigenvalue weighted by atomic mass is 9.90. The molecular weight excluding hydrogens is 222 g/mol. The summed E-state index contributed by atoms with van der Waals surface area (Å²) >= 11 is 0. The Kier molecular flexibility index (Phi) is 3.16. The Labute approximate surface area is 110 Å². The van der Waals surface area contributed by atoms with Crippen LogP contribution in [-0.2, 0) is 4.74 Å². The second kappa shape index (κ2) is 4.67. The number of ether oxygens (including phenoxy) is 1. The highest BCUT2D eigenvalue weighted by atomic mass is 16.5. The summed E-state index contributed by atoms with van der Waals surface area (Å²) in [6.45, 7) is 2.29. The summed E-state index contributed by atoms with van der Waals surface area (Å²) in [6, 6.07) is 11.1. The number of likely N-dealkylation sites (N-methyl/N-ethyl adjacent to an activating group) is 1. The molecule has 1 aliphatic heterocycles. The third-order valence-electron chi connectivity index (χ3n) is 4.80. The van der Waals surface area contributed by atoms with Gasteiger partial charge in [0.25, 0.3) is 0 Å². The van der Waals surface area contributed by atoms with Crippen molar-refractivity contribution >= 4 is 0 Å². The first-order valence-electron chi connectivity index (χ1n) is 7.19. The number of hydrogen-bond donors (Lipinski definition) is 0. The van der Waals surface area contributed by atoms with E-state index in [2.05, 4.69) is 49.2 Å². The molecule has 0 radical (unpaired) electrons. The zero-order valence-corrected chi connectivity index (χ0v) is 11.4. The van der Waals surface area contributed by atoms with Crippen molar-refractivity contribution < 1.29 is 4.74 Å². The van der Waals surface area contributed by atoms with Crippen LogP contribution in [0.2, 0.25) is 0 Å². The van der Waals surface area contributed by atoms with Crippen LogP contribution in [0.4, 0.5) is 0 Å². The minimum Gasteiger partial charge on any atom is -0.351 e. The molecule has 3 rings (SSSR count). The minimum absolute atomic E-state index is 0.0121. The van der Waals surface area contributed by atoms with E-state index < -0.39 is 0 Å². The summed E-state index contributed by atoms with van der Waals surface area (Å²) in [7, 11) is 2.24. The molecule has 2 aliphatic rings. The van der Waals surface area contributed by atoms with Crippen LogP contribution in [0.15, 0.2) is 30.3 Å². The summed E-state index contributed by atoms with van der Waals surface area (Å²) in [5.41, 5.74) is 1.33. The number of benzene rings is 1. The number of nitrogens with zero attached hydrogens (tertiary/aromatic N) is 1. The lowest BCUT2D eigenvalue weighted by Crippen LogP contribution is -2.46. The van der Waals surface area contributed by atoms with E-state index in [0.29, 0.717) is 6.04 Å². The molecule has 1 heterocycles. The first-order valence-corrected chi connectivity index (χ1v) is 7.19. The maximum absolute atomic E-state index is 6.53. The molecule has 1 aromatic carbocycles. The first-order chi connectivity index (χ1) is 8.73. The van der Waals surface area contributed by atoms with Gasteiger partial charge in [0, 0.05) is 6.04 Å². The molecule has 0 unspecified atom stereocenters. The van der Waals surface area contributed by atoms with Gasteiger partial charge in [0.2, 0.25) is 0 Å². The highest BCUT2D eigenvalue weighted by Gasteiger charge is 2.49. The minimum atomic E-state index is 0.0121. The Morgan fingerprint density at radius 1 is 1.11 bits per heavy atom. The fraction of sp³-hybridized carbons (Fsp3) is 0.625. The molecular formula is C16H23NO. The van der Waals surface area contributed by atoms with Crippen molar-refractivity contribution in [3.8, 4) is 0 Å². The molecule has 98 valence electrons. The fourth-order valence-electron chi connectivity index (χ4n) is 3.56. The van der Waals surface area contributed by atoms with E-state index in [4.69, 9.17) is 4.74 Å². The Morgan fingerprint density at radius 2 is 1.78 bits per heavy atom. The van der Waals surface area contributed by atoms with Crippen molar-refractivity contribution in [3.63, 3.8) is 0 Å². The van der Waals surface area contributed by atoms with E-state index in [1.54, 1.807) is 0 Å². The molecule has 2 nitrogen and oxygen atoms in total. The van der Waals surface area contributed by atoms with E-state index in [9.17, 15) is 0 Å². The van der Waals surface area contributed by atoms with Crippen LogP contribution in [0, 0.1) is 0 Å². The van der Waals surface area contributed by atoms with Crippen LogP contribution in [0.1, 0.15) is 50.7 Å². The van der Waals surface area contributed by atoms with Gasteiger partial charge >= 0.3 is 0 Å². The zero-order valence-electron chi connectivity index (χ0n) is 11.4. The van der Waals surface area contributed by atoms with Crippen molar-refractivity contribution in [3.05, 3.63) is 35.9 Å². The van der Waals surface area contributed by atoms with E-state index in [1.807, 2.05) is 0 Å². The Bertz CT molecular complexity index is 397. The van der Waals surface area contributed by atoms with Gasteiger partial charge in [-0.25, -0.2) is 0 Å². The van der Waals surface area contributed by atoms with E-state index in [1.165, 1.54) is 37.7 Å². The van der Waals surface area contributed by atoms with Crippen LogP contribution in [0.25, 0.3) is 0 Å². The van der Waals surface area contributed by atoms with Crippen molar-refractivity contribution in [2.24, 2.45) is 0 Å². The van der Waals surface area contributed by atoms with Gasteiger partial charge in [-0.1, -0.05) is 36.8 Å². The molecule has 1 saturated heterocycles. The SMILES string of the molecule is C[C@@H]1[C@H](c2ccccc2)OC2(CCCCC2)N1C. The van der Waals surface area contributed by atoms with Gasteiger partial charge in [-0.2, -0.15) is 0 Å². The maximum atomic E-state index is 6.53. The molecule has 18 heavy (non-hydrogen) atoms. The summed E-state index contributed by atoms with van der Waals surface area (Å²) in [5, 5.41) is 0. The molecule has 1 aliphatic carbocycles. The van der Waals surface area contributed by atoms with Gasteiger partial charge in [0.15, 0.2) is 0 Å². The summed E-state index contributed by atoms with van der Waals surface area (Å²) in [5.74, 6) is 0. The standard InChI is InChI=1S/C16H23NO/c1-13-15(14-9-5-3-6-10-14)18-16(17(13)2)11-7-4-8-12-16/h3,5-6,9-10,13,15H,4,7-8,11-12H2,1-2H3/t13-,15-/m1/s1. The van der Waals surface area contributed by atoms with Crippen LogP contribution >= 0.6 is 0 Å². The molecule has 1 spiro atoms. The van der Waals surface area contributed by atoms with Crippen molar-refractivity contribution in [1.82, 2.24) is 4.90 Å². The molecule has 0 amide bonds. The quantitative estimate of drug-likeness (QED) is 0.747. The lowest BCUT2D eigenvalue weighted by Gasteiger charge is -2.39. The molecule has 0 aromatic heterocycles. The Morgan fingerprint density at radius 3 is 2.44 bits per heavy atom. The van der Waals surface area contributed by atoms with Crippen molar-refractivity contribution in [2.45, 2.75) is 56.9 Å². The summed E-state index contributed by atoms with van der Waals surface area (Å²) < 4.78 is 6.53. The van der Waals surface area contributed by atoms with Gasteiger partial charge < -0.3 is 4.74 Å². The molecule has 2 atom stereocenters. The van der Waals surface area contributed by atoms with Crippen LogP contribution in [0.5, 0.6) is 0 Å². The largest absolute Gasteiger partial charge is 0.351 e. The highest BCUT2D eigenvalue weighted by Crippen LogP contribution is 2.46. The normalized spacial score (nSPS) is 31.9. The van der Waals surface area contributed by atoms with Gasteiger partial charge in [-0.15, -0.1) is 0 Å². The van der Waals surface area contributed by atoms with Gasteiger partial charge in [0.1, 0.15) is 11.8 Å². The van der Waals surface area contributed by atoms with E-state index in [-0.39, 0.29) is 11.8 Å². The topological polar surface area (TPSA) is 12.5 Å².